The maximum atomic E-state index is 13.5. The third-order valence-corrected chi connectivity index (χ3v) is 5.12. The molecule has 3 rings (SSSR count). The van der Waals surface area contributed by atoms with Crippen LogP contribution in [0.3, 0.4) is 0 Å². The fraction of sp³-hybridized carbons (Fsp3) is 0.278. The molecule has 0 radical (unpaired) electrons. The third kappa shape index (κ3) is 3.59. The van der Waals surface area contributed by atoms with Gasteiger partial charge in [0.2, 0.25) is 0 Å². The predicted octanol–water partition coefficient (Wildman–Crippen LogP) is 4.49. The standard InChI is InChI=1S/C18H16F3N3O2S/c1-3-24(4-2)17-23-16-13(27-17)9-11(15(22-16)18(19,20)21)14(26)10-7-5-6-8-12(10)25/h5-9,25H,3-4H2,1-2H3. The van der Waals surface area contributed by atoms with Crippen molar-refractivity contribution in [2.45, 2.75) is 20.0 Å². The van der Waals surface area contributed by atoms with Crippen molar-refractivity contribution in [2.75, 3.05) is 18.0 Å². The van der Waals surface area contributed by atoms with Gasteiger partial charge in [-0.2, -0.15) is 18.2 Å². The van der Waals surface area contributed by atoms with Gasteiger partial charge >= 0.3 is 6.18 Å². The van der Waals surface area contributed by atoms with E-state index in [1.165, 1.54) is 35.6 Å². The van der Waals surface area contributed by atoms with E-state index < -0.39 is 23.2 Å². The van der Waals surface area contributed by atoms with Gasteiger partial charge in [0.05, 0.1) is 15.8 Å². The molecular weight excluding hydrogens is 379 g/mol. The topological polar surface area (TPSA) is 66.3 Å². The molecule has 1 aromatic carbocycles. The zero-order chi connectivity index (χ0) is 19.8. The number of fused-ring (bicyclic) bond motifs is 1. The molecule has 0 amide bonds. The van der Waals surface area contributed by atoms with Gasteiger partial charge in [-0.05, 0) is 32.0 Å². The minimum atomic E-state index is -4.83. The van der Waals surface area contributed by atoms with Crippen LogP contribution in [0, 0.1) is 0 Å². The minimum absolute atomic E-state index is 0.0527. The van der Waals surface area contributed by atoms with Crippen LogP contribution in [0.15, 0.2) is 30.3 Å². The second-order valence-corrected chi connectivity index (χ2v) is 6.73. The lowest BCUT2D eigenvalue weighted by atomic mass is 10.0. The first kappa shape index (κ1) is 19.1. The van der Waals surface area contributed by atoms with Gasteiger partial charge in [-0.1, -0.05) is 23.5 Å². The summed E-state index contributed by atoms with van der Waals surface area (Å²) in [4.78, 5) is 22.4. The van der Waals surface area contributed by atoms with Gasteiger partial charge < -0.3 is 10.0 Å². The summed E-state index contributed by atoms with van der Waals surface area (Å²) in [5, 5.41) is 10.4. The highest BCUT2D eigenvalue weighted by Crippen LogP contribution is 2.37. The van der Waals surface area contributed by atoms with Gasteiger partial charge in [0.25, 0.3) is 0 Å². The summed E-state index contributed by atoms with van der Waals surface area (Å²) in [5.41, 5.74) is -2.17. The van der Waals surface area contributed by atoms with Crippen molar-refractivity contribution in [1.82, 2.24) is 9.97 Å². The van der Waals surface area contributed by atoms with Gasteiger partial charge in [0.15, 0.2) is 22.3 Å². The zero-order valence-electron chi connectivity index (χ0n) is 14.5. The fourth-order valence-corrected chi connectivity index (χ4v) is 3.76. The van der Waals surface area contributed by atoms with Crippen LogP contribution in [-0.4, -0.2) is 33.9 Å². The Morgan fingerprint density at radius 2 is 1.81 bits per heavy atom. The Hall–Kier alpha value is -2.68. The third-order valence-electron chi connectivity index (χ3n) is 4.07. The second-order valence-electron chi connectivity index (χ2n) is 5.72. The molecule has 5 nitrogen and oxygen atoms in total. The molecule has 27 heavy (non-hydrogen) atoms. The van der Waals surface area contributed by atoms with Crippen LogP contribution in [0.5, 0.6) is 5.75 Å². The quantitative estimate of drug-likeness (QED) is 0.645. The molecule has 0 aliphatic heterocycles. The van der Waals surface area contributed by atoms with E-state index in [-0.39, 0.29) is 17.0 Å². The molecule has 0 saturated heterocycles. The van der Waals surface area contributed by atoms with Gasteiger partial charge in [0, 0.05) is 13.1 Å². The number of phenolic OH excluding ortho intramolecular Hbond substituents is 1. The molecule has 3 aromatic rings. The Bertz CT molecular complexity index is 997. The molecule has 0 aliphatic rings. The number of ketones is 1. The summed E-state index contributed by atoms with van der Waals surface area (Å²) in [6, 6.07) is 6.63. The summed E-state index contributed by atoms with van der Waals surface area (Å²) in [5.74, 6) is -1.32. The highest BCUT2D eigenvalue weighted by Gasteiger charge is 2.38. The molecule has 0 atom stereocenters. The summed E-state index contributed by atoms with van der Waals surface area (Å²) in [7, 11) is 0. The largest absolute Gasteiger partial charge is 0.507 e. The fourth-order valence-electron chi connectivity index (χ4n) is 2.68. The van der Waals surface area contributed by atoms with Gasteiger partial charge in [-0.15, -0.1) is 0 Å². The SMILES string of the molecule is CCN(CC)c1nc2nc(C(F)(F)F)c(C(=O)c3ccccc3O)cc2s1. The van der Waals surface area contributed by atoms with E-state index in [0.717, 1.165) is 6.07 Å². The van der Waals surface area contributed by atoms with E-state index in [1.54, 1.807) is 0 Å². The zero-order valence-corrected chi connectivity index (χ0v) is 15.4. The van der Waals surface area contributed by atoms with Crippen molar-refractivity contribution >= 4 is 32.6 Å². The molecule has 0 aliphatic carbocycles. The van der Waals surface area contributed by atoms with Crippen LogP contribution < -0.4 is 4.90 Å². The number of phenols is 1. The molecule has 0 fully saturated rings. The highest BCUT2D eigenvalue weighted by atomic mass is 32.1. The van der Waals surface area contributed by atoms with E-state index in [4.69, 9.17) is 0 Å². The van der Waals surface area contributed by atoms with Gasteiger partial charge in [-0.3, -0.25) is 4.79 Å². The van der Waals surface area contributed by atoms with Crippen molar-refractivity contribution in [2.24, 2.45) is 0 Å². The number of anilines is 1. The molecular formula is C18H16F3N3O2S. The monoisotopic (exact) mass is 395 g/mol. The summed E-state index contributed by atoms with van der Waals surface area (Å²) in [6.45, 7) is 5.12. The number of benzene rings is 1. The summed E-state index contributed by atoms with van der Waals surface area (Å²) in [6.07, 6.45) is -4.83. The molecule has 9 heteroatoms. The molecule has 0 bridgehead atoms. The van der Waals surface area contributed by atoms with Crippen molar-refractivity contribution in [3.8, 4) is 5.75 Å². The highest BCUT2D eigenvalue weighted by molar-refractivity contribution is 7.22. The lowest BCUT2D eigenvalue weighted by molar-refractivity contribution is -0.141. The minimum Gasteiger partial charge on any atom is -0.507 e. The maximum absolute atomic E-state index is 13.5. The molecule has 1 N–H and O–H groups in total. The van der Waals surface area contributed by atoms with Crippen molar-refractivity contribution in [3.63, 3.8) is 0 Å². The summed E-state index contributed by atoms with van der Waals surface area (Å²) >= 11 is 1.18. The number of nitrogens with zero attached hydrogens (tertiary/aromatic N) is 3. The van der Waals surface area contributed by atoms with E-state index >= 15 is 0 Å². The lowest BCUT2D eigenvalue weighted by Gasteiger charge is -2.16. The van der Waals surface area contributed by atoms with E-state index in [1.807, 2.05) is 18.7 Å². The first-order valence-electron chi connectivity index (χ1n) is 8.22. The molecule has 2 heterocycles. The number of halogens is 3. The van der Waals surface area contributed by atoms with Crippen molar-refractivity contribution in [1.29, 1.82) is 0 Å². The molecule has 2 aromatic heterocycles. The van der Waals surface area contributed by atoms with Crippen LogP contribution in [0.2, 0.25) is 0 Å². The van der Waals surface area contributed by atoms with E-state index in [2.05, 4.69) is 9.97 Å². The van der Waals surface area contributed by atoms with Crippen LogP contribution in [0.1, 0.15) is 35.5 Å². The first-order chi connectivity index (χ1) is 12.8. The molecule has 0 spiro atoms. The average molecular weight is 395 g/mol. The number of carbonyl (C=O) groups is 1. The average Bonchev–Trinajstić information content (AvgIpc) is 3.03. The molecule has 0 unspecified atom stereocenters. The second kappa shape index (κ2) is 7.15. The Morgan fingerprint density at radius 1 is 1.15 bits per heavy atom. The number of hydrogen-bond acceptors (Lipinski definition) is 6. The van der Waals surface area contributed by atoms with Gasteiger partial charge in [0.1, 0.15) is 5.75 Å². The van der Waals surface area contributed by atoms with Crippen LogP contribution in [-0.2, 0) is 6.18 Å². The number of carbonyl (C=O) groups excluding carboxylic acids is 1. The van der Waals surface area contributed by atoms with Crippen LogP contribution in [0.4, 0.5) is 18.3 Å². The first-order valence-corrected chi connectivity index (χ1v) is 9.04. The Balaban J connectivity index is 2.21. The van der Waals surface area contributed by atoms with Crippen LogP contribution >= 0.6 is 11.3 Å². The van der Waals surface area contributed by atoms with E-state index in [9.17, 15) is 23.1 Å². The normalized spacial score (nSPS) is 11.7. The number of aromatic hydroxyl groups is 1. The Morgan fingerprint density at radius 3 is 2.41 bits per heavy atom. The number of para-hydroxylation sites is 1. The number of hydrogen-bond donors (Lipinski definition) is 1. The van der Waals surface area contributed by atoms with Gasteiger partial charge in [-0.25, -0.2) is 4.98 Å². The Kier molecular flexibility index (Phi) is 5.05. The molecule has 142 valence electrons. The molecule has 0 saturated carbocycles. The van der Waals surface area contributed by atoms with Crippen LogP contribution in [0.25, 0.3) is 10.3 Å². The number of thiazole rings is 1. The van der Waals surface area contributed by atoms with Crippen molar-refractivity contribution < 1.29 is 23.1 Å². The predicted molar refractivity (Wildman–Crippen MR) is 97.5 cm³/mol. The smallest absolute Gasteiger partial charge is 0.434 e. The number of aromatic nitrogens is 2. The maximum Gasteiger partial charge on any atom is 0.434 e. The van der Waals surface area contributed by atoms with E-state index in [0.29, 0.717) is 22.9 Å². The van der Waals surface area contributed by atoms with Crippen molar-refractivity contribution in [3.05, 3.63) is 47.2 Å². The Labute approximate surface area is 157 Å². The number of alkyl halides is 3. The number of pyridine rings is 1. The lowest BCUT2D eigenvalue weighted by Crippen LogP contribution is -2.21. The summed E-state index contributed by atoms with van der Waals surface area (Å²) < 4.78 is 41.0. The number of rotatable bonds is 5.